The van der Waals surface area contributed by atoms with Gasteiger partial charge in [0.25, 0.3) is 11.8 Å². The Hall–Kier alpha value is -2.87. The summed E-state index contributed by atoms with van der Waals surface area (Å²) in [6.07, 6.45) is 2.09. The molecule has 7 nitrogen and oxygen atoms in total. The number of amides is 2. The van der Waals surface area contributed by atoms with Crippen LogP contribution in [0.15, 0.2) is 30.3 Å². The van der Waals surface area contributed by atoms with Gasteiger partial charge in [0.2, 0.25) is 6.10 Å². The summed E-state index contributed by atoms with van der Waals surface area (Å²) in [7, 11) is 0. The van der Waals surface area contributed by atoms with Gasteiger partial charge < -0.3 is 14.2 Å². The van der Waals surface area contributed by atoms with E-state index in [1.807, 2.05) is 6.07 Å². The summed E-state index contributed by atoms with van der Waals surface area (Å²) in [6.45, 7) is 1.66. The molecule has 8 heteroatoms. The molecule has 29 heavy (non-hydrogen) atoms. The van der Waals surface area contributed by atoms with E-state index >= 15 is 0 Å². The van der Waals surface area contributed by atoms with Crippen LogP contribution in [0.1, 0.15) is 33.5 Å². The Morgan fingerprint density at radius 2 is 2.03 bits per heavy atom. The van der Waals surface area contributed by atoms with Crippen molar-refractivity contribution < 1.29 is 28.6 Å². The third kappa shape index (κ3) is 4.42. The molecule has 1 aromatic heterocycles. The number of imide groups is 1. The summed E-state index contributed by atoms with van der Waals surface area (Å²) in [6, 6.07) is 8.82. The highest BCUT2D eigenvalue weighted by atomic mass is 32.1. The van der Waals surface area contributed by atoms with E-state index in [9.17, 15) is 14.4 Å². The number of aryl methyl sites for hydroxylation is 1. The standard InChI is InChI=1S/C21H21NO6S/c1-12-6-7-17-13(8-12)9-18(29-17)21(25)27-11-19(23)22-20(24)16-10-26-14-4-2-3-5-15(14)28-16/h2-5,9,12,16H,6-8,10-11H2,1H3,(H,22,23,24)/t12-,16+/m1/s1. The fraction of sp³-hybridized carbons (Fsp3) is 0.381. The second kappa shape index (κ2) is 8.24. The highest BCUT2D eigenvalue weighted by molar-refractivity contribution is 7.14. The average molecular weight is 415 g/mol. The lowest BCUT2D eigenvalue weighted by atomic mass is 9.90. The molecule has 0 spiro atoms. The molecule has 1 aliphatic heterocycles. The van der Waals surface area contributed by atoms with E-state index in [0.29, 0.717) is 22.3 Å². The minimum Gasteiger partial charge on any atom is -0.485 e. The lowest BCUT2D eigenvalue weighted by Crippen LogP contribution is -2.47. The molecular formula is C21H21NO6S. The third-order valence-corrected chi connectivity index (χ3v) is 6.15. The van der Waals surface area contributed by atoms with Gasteiger partial charge in [-0.3, -0.25) is 14.9 Å². The van der Waals surface area contributed by atoms with Crippen molar-refractivity contribution in [3.05, 3.63) is 45.6 Å². The Labute approximate surface area is 172 Å². The average Bonchev–Trinajstić information content (AvgIpc) is 3.15. The normalized spacial score (nSPS) is 19.8. The van der Waals surface area contributed by atoms with Gasteiger partial charge in [-0.15, -0.1) is 11.3 Å². The number of rotatable bonds is 4. The van der Waals surface area contributed by atoms with Gasteiger partial charge in [0.05, 0.1) is 0 Å². The summed E-state index contributed by atoms with van der Waals surface area (Å²) in [5.41, 5.74) is 1.19. The van der Waals surface area contributed by atoms with Crippen LogP contribution in [0.2, 0.25) is 0 Å². The van der Waals surface area contributed by atoms with Gasteiger partial charge >= 0.3 is 5.97 Å². The van der Waals surface area contributed by atoms with Crippen molar-refractivity contribution in [1.29, 1.82) is 0 Å². The fourth-order valence-corrected chi connectivity index (χ4v) is 4.51. The molecule has 2 aliphatic rings. The smallest absolute Gasteiger partial charge is 0.348 e. The molecule has 0 radical (unpaired) electrons. The van der Waals surface area contributed by atoms with Gasteiger partial charge in [-0.1, -0.05) is 19.1 Å². The number of fused-ring (bicyclic) bond motifs is 2. The summed E-state index contributed by atoms with van der Waals surface area (Å²) in [4.78, 5) is 38.2. The summed E-state index contributed by atoms with van der Waals surface area (Å²) in [5, 5.41) is 2.19. The quantitative estimate of drug-likeness (QED) is 0.772. The molecule has 2 aromatic rings. The second-order valence-corrected chi connectivity index (χ2v) is 8.40. The summed E-state index contributed by atoms with van der Waals surface area (Å²) < 4.78 is 16.1. The zero-order valence-corrected chi connectivity index (χ0v) is 16.8. The number of para-hydroxylation sites is 2. The molecule has 152 valence electrons. The van der Waals surface area contributed by atoms with Crippen molar-refractivity contribution in [2.75, 3.05) is 13.2 Å². The molecular weight excluding hydrogens is 394 g/mol. The van der Waals surface area contributed by atoms with E-state index in [2.05, 4.69) is 12.2 Å². The molecule has 0 fully saturated rings. The zero-order valence-electron chi connectivity index (χ0n) is 15.9. The van der Waals surface area contributed by atoms with Crippen LogP contribution >= 0.6 is 11.3 Å². The van der Waals surface area contributed by atoms with Gasteiger partial charge in [-0.25, -0.2) is 4.79 Å². The van der Waals surface area contributed by atoms with Crippen LogP contribution in [0.3, 0.4) is 0 Å². The van der Waals surface area contributed by atoms with Gasteiger partial charge in [-0.05, 0) is 48.9 Å². The molecule has 4 rings (SSSR count). The molecule has 1 aliphatic carbocycles. The van der Waals surface area contributed by atoms with Crippen LogP contribution in [0, 0.1) is 5.92 Å². The van der Waals surface area contributed by atoms with E-state index in [0.717, 1.165) is 19.3 Å². The topological polar surface area (TPSA) is 90.9 Å². The van der Waals surface area contributed by atoms with Crippen LogP contribution in [-0.4, -0.2) is 37.1 Å². The van der Waals surface area contributed by atoms with Crippen LogP contribution in [0.5, 0.6) is 11.5 Å². The molecule has 0 saturated heterocycles. The SMILES string of the molecule is C[C@@H]1CCc2sc(C(=O)OCC(=O)NC(=O)[C@@H]3COc4ccccc4O3)cc2C1. The Morgan fingerprint density at radius 3 is 2.86 bits per heavy atom. The van der Waals surface area contributed by atoms with Crippen LogP contribution in [-0.2, 0) is 27.2 Å². The molecule has 2 amide bonds. The van der Waals surface area contributed by atoms with Crippen LogP contribution in [0.25, 0.3) is 0 Å². The highest BCUT2D eigenvalue weighted by Crippen LogP contribution is 2.33. The van der Waals surface area contributed by atoms with Crippen LogP contribution in [0.4, 0.5) is 0 Å². The molecule has 2 atom stereocenters. The van der Waals surface area contributed by atoms with Gasteiger partial charge in [0, 0.05) is 4.88 Å². The number of hydrogen-bond donors (Lipinski definition) is 1. The Kier molecular flexibility index (Phi) is 5.53. The molecule has 0 unspecified atom stereocenters. The summed E-state index contributed by atoms with van der Waals surface area (Å²) >= 11 is 1.42. The van der Waals surface area contributed by atoms with Gasteiger partial charge in [0.15, 0.2) is 18.1 Å². The molecule has 0 saturated carbocycles. The monoisotopic (exact) mass is 415 g/mol. The number of ether oxygens (including phenoxy) is 3. The lowest BCUT2D eigenvalue weighted by Gasteiger charge is -2.25. The molecule has 0 bridgehead atoms. The maximum absolute atomic E-state index is 12.3. The predicted octanol–water partition coefficient (Wildman–Crippen LogP) is 2.51. The number of carbonyl (C=O) groups excluding carboxylic acids is 3. The first kappa shape index (κ1) is 19.4. The highest BCUT2D eigenvalue weighted by Gasteiger charge is 2.29. The fourth-order valence-electron chi connectivity index (χ4n) is 3.41. The number of thiophene rings is 1. The van der Waals surface area contributed by atoms with Gasteiger partial charge in [0.1, 0.15) is 11.5 Å². The predicted molar refractivity (Wildman–Crippen MR) is 105 cm³/mol. The number of nitrogens with one attached hydrogen (secondary N) is 1. The van der Waals surface area contributed by atoms with Crippen molar-refractivity contribution in [3.63, 3.8) is 0 Å². The van der Waals surface area contributed by atoms with E-state index in [1.165, 1.54) is 21.8 Å². The van der Waals surface area contributed by atoms with E-state index in [-0.39, 0.29) is 6.61 Å². The number of esters is 1. The molecule has 1 aromatic carbocycles. The Morgan fingerprint density at radius 1 is 1.24 bits per heavy atom. The third-order valence-electron chi connectivity index (χ3n) is 4.93. The maximum Gasteiger partial charge on any atom is 0.348 e. The zero-order chi connectivity index (χ0) is 20.4. The van der Waals surface area contributed by atoms with Crippen molar-refractivity contribution in [3.8, 4) is 11.5 Å². The van der Waals surface area contributed by atoms with Crippen molar-refractivity contribution >= 4 is 29.1 Å². The second-order valence-electron chi connectivity index (χ2n) is 7.26. The lowest BCUT2D eigenvalue weighted by molar-refractivity contribution is -0.137. The largest absolute Gasteiger partial charge is 0.485 e. The number of benzene rings is 1. The summed E-state index contributed by atoms with van der Waals surface area (Å²) in [5.74, 6) is -0.304. The van der Waals surface area contributed by atoms with Crippen molar-refractivity contribution in [2.45, 2.75) is 32.3 Å². The van der Waals surface area contributed by atoms with E-state index in [4.69, 9.17) is 14.2 Å². The minimum atomic E-state index is -0.949. The number of hydrogen-bond acceptors (Lipinski definition) is 7. The Bertz CT molecular complexity index is 952. The Balaban J connectivity index is 1.27. The first-order valence-corrected chi connectivity index (χ1v) is 10.3. The van der Waals surface area contributed by atoms with Crippen LogP contribution < -0.4 is 14.8 Å². The first-order chi connectivity index (χ1) is 14.0. The van der Waals surface area contributed by atoms with Crippen molar-refractivity contribution in [1.82, 2.24) is 5.32 Å². The minimum absolute atomic E-state index is 0.00487. The number of carbonyl (C=O) groups is 3. The van der Waals surface area contributed by atoms with E-state index < -0.39 is 30.5 Å². The maximum atomic E-state index is 12.3. The van der Waals surface area contributed by atoms with Gasteiger partial charge in [-0.2, -0.15) is 0 Å². The van der Waals surface area contributed by atoms with Crippen molar-refractivity contribution in [2.24, 2.45) is 5.92 Å². The first-order valence-electron chi connectivity index (χ1n) is 9.50. The molecule has 2 heterocycles. The van der Waals surface area contributed by atoms with E-state index in [1.54, 1.807) is 24.3 Å². The molecule has 1 N–H and O–H groups in total.